The summed E-state index contributed by atoms with van der Waals surface area (Å²) >= 11 is 1.66. The van der Waals surface area contributed by atoms with Crippen LogP contribution in [0.5, 0.6) is 34.5 Å². The molecule has 0 radical (unpaired) electrons. The van der Waals surface area contributed by atoms with Crippen molar-refractivity contribution in [3.05, 3.63) is 122 Å². The van der Waals surface area contributed by atoms with Gasteiger partial charge < -0.3 is 58.2 Å². The van der Waals surface area contributed by atoms with Crippen LogP contribution in [0.4, 0.5) is 5.13 Å². The predicted octanol–water partition coefficient (Wildman–Crippen LogP) is 15.8. The molecule has 0 unspecified atom stereocenters. The van der Waals surface area contributed by atoms with E-state index in [9.17, 15) is 14.4 Å². The molecule has 3 saturated carbocycles. The number of aldehydes is 2. The minimum absolute atomic E-state index is 0.102. The van der Waals surface area contributed by atoms with Crippen molar-refractivity contribution in [2.24, 2.45) is 29.6 Å². The van der Waals surface area contributed by atoms with Crippen LogP contribution in [-0.2, 0) is 33.4 Å². The van der Waals surface area contributed by atoms with Crippen molar-refractivity contribution in [2.45, 2.75) is 135 Å². The molecule has 4 aromatic carbocycles. The van der Waals surface area contributed by atoms with Gasteiger partial charge in [-0.25, -0.2) is 4.98 Å². The monoisotopic (exact) mass is 1250 g/mol. The second kappa shape index (κ2) is 47.1. The largest absolute Gasteiger partial charge is 0.497 e. The van der Waals surface area contributed by atoms with Crippen LogP contribution in [0.25, 0.3) is 10.2 Å². The second-order valence-corrected chi connectivity index (χ2v) is 23.3. The number of nitrogens with one attached hydrogen (secondary N) is 2. The van der Waals surface area contributed by atoms with E-state index in [0.29, 0.717) is 80.7 Å². The lowest BCUT2D eigenvalue weighted by Gasteiger charge is -2.27. The molecule has 89 heavy (non-hydrogen) atoms. The summed E-state index contributed by atoms with van der Waals surface area (Å²) in [4.78, 5) is 48.0. The average Bonchev–Trinajstić information content (AvgIpc) is 4.27. The Morgan fingerprint density at radius 3 is 1.73 bits per heavy atom. The van der Waals surface area contributed by atoms with Gasteiger partial charge in [-0.15, -0.1) is 0 Å². The highest BCUT2D eigenvalue weighted by atomic mass is 32.1. The number of unbranched alkanes of at least 4 members (excludes halogenated alkanes) is 7. The van der Waals surface area contributed by atoms with Crippen LogP contribution in [-0.4, -0.2) is 116 Å². The molecule has 0 spiro atoms. The van der Waals surface area contributed by atoms with E-state index in [1.54, 1.807) is 44.8 Å². The summed E-state index contributed by atoms with van der Waals surface area (Å²) in [7, 11) is 5.07. The molecule has 0 aliphatic heterocycles. The number of esters is 1. The minimum Gasteiger partial charge on any atom is -0.497 e. The molecule has 3 fully saturated rings. The molecule has 17 heteroatoms. The molecular formula is C72H101N3O13S. The number of fused-ring (bicyclic) bond motifs is 1. The van der Waals surface area contributed by atoms with Crippen molar-refractivity contribution in [3.8, 4) is 34.5 Å². The zero-order valence-electron chi connectivity index (χ0n) is 53.5. The van der Waals surface area contributed by atoms with Gasteiger partial charge in [0.1, 0.15) is 47.1 Å². The van der Waals surface area contributed by atoms with E-state index in [-0.39, 0.29) is 23.6 Å². The second-order valence-electron chi connectivity index (χ2n) is 22.3. The summed E-state index contributed by atoms with van der Waals surface area (Å²) in [5.74, 6) is 5.86. The van der Waals surface area contributed by atoms with Crippen molar-refractivity contribution < 1.29 is 61.8 Å². The van der Waals surface area contributed by atoms with E-state index in [2.05, 4.69) is 36.4 Å². The van der Waals surface area contributed by atoms with E-state index in [0.717, 1.165) is 156 Å². The number of hydrogen-bond acceptors (Lipinski definition) is 17. The molecule has 2 N–H and O–H groups in total. The molecule has 5 aromatic rings. The lowest BCUT2D eigenvalue weighted by molar-refractivity contribution is -0.140. The van der Waals surface area contributed by atoms with Gasteiger partial charge in [-0.3, -0.25) is 14.4 Å². The van der Waals surface area contributed by atoms with Crippen molar-refractivity contribution >= 4 is 57.2 Å². The van der Waals surface area contributed by atoms with Crippen molar-refractivity contribution in [2.75, 3.05) is 86.0 Å². The Bertz CT molecular complexity index is 2680. The third-order valence-electron chi connectivity index (χ3n) is 15.5. The Labute approximate surface area is 534 Å². The first-order chi connectivity index (χ1) is 43.6. The SMILES string of the molecule is C=CC(=O)C1CCC1.C=CC=O.CCCCCCCOc1ccc(OC)cc1.COCCCCCCOc1ccc(OC(=O)C2CCC(COc3ccc(OCC4CCC(C=O)CC4)c(C=N)c3)CC2)cc1.COCCOCCNc1nc2ccccc2s1. The van der Waals surface area contributed by atoms with Gasteiger partial charge in [0.25, 0.3) is 0 Å². The summed E-state index contributed by atoms with van der Waals surface area (Å²) in [6.07, 6.45) is 27.0. The Morgan fingerprint density at radius 2 is 1.19 bits per heavy atom. The number of thiazole rings is 1. The lowest BCUT2D eigenvalue weighted by Crippen LogP contribution is -2.27. The van der Waals surface area contributed by atoms with Gasteiger partial charge in [-0.2, -0.15) is 0 Å². The van der Waals surface area contributed by atoms with Crippen molar-refractivity contribution in [1.29, 1.82) is 5.41 Å². The first kappa shape index (κ1) is 74.5. The number of carbonyl (C=O) groups is 4. The molecule has 0 atom stereocenters. The normalized spacial score (nSPS) is 16.6. The first-order valence-corrected chi connectivity index (χ1v) is 32.9. The fourth-order valence-electron chi connectivity index (χ4n) is 9.88. The highest BCUT2D eigenvalue weighted by molar-refractivity contribution is 7.22. The number of nitrogens with zero attached hydrogens (tertiary/aromatic N) is 1. The van der Waals surface area contributed by atoms with Crippen LogP contribution >= 0.6 is 11.3 Å². The number of carbonyl (C=O) groups excluding carboxylic acids is 4. The van der Waals surface area contributed by atoms with Gasteiger partial charge in [-0.05, 0) is 193 Å². The number of methoxy groups -OCH3 is 3. The topological polar surface area (TPSA) is 200 Å². The van der Waals surface area contributed by atoms with Gasteiger partial charge in [0.05, 0.1) is 69.5 Å². The highest BCUT2D eigenvalue weighted by Crippen LogP contribution is 2.34. The summed E-state index contributed by atoms with van der Waals surface area (Å²) in [6, 6.07) is 28.8. The molecule has 0 bridgehead atoms. The van der Waals surface area contributed by atoms with Crippen LogP contribution in [0.2, 0.25) is 0 Å². The average molecular weight is 1250 g/mol. The molecule has 0 amide bonds. The molecular weight excluding hydrogens is 1150 g/mol. The third kappa shape index (κ3) is 31.4. The molecule has 0 saturated heterocycles. The quantitative estimate of drug-likeness (QED) is 0.00957. The summed E-state index contributed by atoms with van der Waals surface area (Å²) < 4.78 is 50.9. The van der Waals surface area contributed by atoms with E-state index in [4.69, 9.17) is 52.8 Å². The minimum atomic E-state index is -0.169. The van der Waals surface area contributed by atoms with Crippen LogP contribution in [0.3, 0.4) is 0 Å². The zero-order chi connectivity index (χ0) is 63.9. The van der Waals surface area contributed by atoms with E-state index >= 15 is 0 Å². The smallest absolute Gasteiger partial charge is 0.314 e. The number of ether oxygens (including phenoxy) is 9. The number of aromatic nitrogens is 1. The fraction of sp³-hybridized carbons (Fsp3) is 0.528. The molecule has 3 aliphatic rings. The lowest BCUT2D eigenvalue weighted by atomic mass is 9.82. The molecule has 1 heterocycles. The van der Waals surface area contributed by atoms with Crippen LogP contribution in [0, 0.1) is 35.0 Å². The molecule has 1 aromatic heterocycles. The molecule has 3 aliphatic carbocycles. The Balaban J connectivity index is 0.000000303. The molecule has 488 valence electrons. The number of anilines is 1. The first-order valence-electron chi connectivity index (χ1n) is 32.0. The number of benzene rings is 4. The molecule has 16 nitrogen and oxygen atoms in total. The van der Waals surface area contributed by atoms with Crippen LogP contribution in [0.15, 0.2) is 116 Å². The van der Waals surface area contributed by atoms with E-state index in [1.807, 2.05) is 72.8 Å². The third-order valence-corrected chi connectivity index (χ3v) is 16.5. The fourth-order valence-corrected chi connectivity index (χ4v) is 10.8. The zero-order valence-corrected chi connectivity index (χ0v) is 54.3. The van der Waals surface area contributed by atoms with Gasteiger partial charge >= 0.3 is 5.97 Å². The summed E-state index contributed by atoms with van der Waals surface area (Å²) in [5, 5.41) is 12.0. The van der Waals surface area contributed by atoms with Crippen molar-refractivity contribution in [1.82, 2.24) is 4.98 Å². The van der Waals surface area contributed by atoms with Crippen LogP contribution in [0.1, 0.15) is 141 Å². The van der Waals surface area contributed by atoms with Gasteiger partial charge in [0.15, 0.2) is 10.9 Å². The van der Waals surface area contributed by atoms with Gasteiger partial charge in [-0.1, -0.05) is 82.1 Å². The van der Waals surface area contributed by atoms with E-state index < -0.39 is 0 Å². The van der Waals surface area contributed by atoms with Crippen molar-refractivity contribution in [3.63, 3.8) is 0 Å². The number of hydrogen-bond donors (Lipinski definition) is 2. The Hall–Kier alpha value is -6.92. The Kier molecular flexibility index (Phi) is 39.4. The predicted molar refractivity (Wildman–Crippen MR) is 357 cm³/mol. The van der Waals surface area contributed by atoms with Crippen LogP contribution < -0.4 is 33.7 Å². The highest BCUT2D eigenvalue weighted by Gasteiger charge is 2.29. The number of ketones is 1. The maximum Gasteiger partial charge on any atom is 0.314 e. The summed E-state index contributed by atoms with van der Waals surface area (Å²) in [6.45, 7) is 14.9. The molecule has 8 rings (SSSR count). The van der Waals surface area contributed by atoms with Gasteiger partial charge in [0, 0.05) is 51.0 Å². The number of rotatable bonds is 36. The standard InChI is InChI=1S/C36H49NO7.C14H22O2.C12H16N2O2S.C7H10O.C3H4O/c1-40-20-4-2-3-5-21-41-32-14-16-33(17-15-32)44-36(39)30-12-10-29(11-13-30)25-42-34-18-19-35(31(22-34)23-37)43-26-28-8-6-27(24-38)7-9-28;1-3-4-5-6-7-12-16-14-10-8-13(15-2)9-11-14;1-15-8-9-16-7-6-13-12-14-10-4-2-3-5-11(10)17-12;1-2-7(8)6-4-3-5-6;1-2-3-4/h14-19,22-24,27-30,37H,2-13,20-21,25-26H2,1H3;8-11H,3-7,12H2,1-2H3;2-5H,6-9H2,1H3,(H,13,14);2,6H,1,3-5H2;2-3H,1H2. The maximum absolute atomic E-state index is 12.8. The summed E-state index contributed by atoms with van der Waals surface area (Å²) in [5.41, 5.74) is 1.74. The number of para-hydroxylation sites is 1. The Morgan fingerprint density at radius 1 is 0.618 bits per heavy atom. The van der Waals surface area contributed by atoms with E-state index in [1.165, 1.54) is 55.2 Å². The number of allylic oxidation sites excluding steroid dienone is 2. The maximum atomic E-state index is 12.8. The van der Waals surface area contributed by atoms with Gasteiger partial charge in [0.2, 0.25) is 0 Å².